The highest BCUT2D eigenvalue weighted by Crippen LogP contribution is 2.17. The lowest BCUT2D eigenvalue weighted by atomic mass is 10.3. The molecule has 4 heteroatoms. The van der Waals surface area contributed by atoms with Gasteiger partial charge in [0.25, 0.3) is 0 Å². The van der Waals surface area contributed by atoms with Crippen molar-refractivity contribution in [2.24, 2.45) is 0 Å². The summed E-state index contributed by atoms with van der Waals surface area (Å²) in [5.41, 5.74) is 0.419. The van der Waals surface area contributed by atoms with E-state index in [4.69, 9.17) is 5.11 Å². The Morgan fingerprint density at radius 2 is 2.31 bits per heavy atom. The van der Waals surface area contributed by atoms with Crippen LogP contribution in [-0.4, -0.2) is 17.7 Å². The van der Waals surface area contributed by atoms with Crippen LogP contribution in [0.3, 0.4) is 0 Å². The van der Waals surface area contributed by atoms with Gasteiger partial charge in [0.2, 0.25) is 0 Å². The number of hydrogen-bond donors (Lipinski definition) is 1. The summed E-state index contributed by atoms with van der Waals surface area (Å²) in [4.78, 5) is 11.8. The summed E-state index contributed by atoms with van der Waals surface area (Å²) >= 11 is 0. The largest absolute Gasteiger partial charge is 0.872 e. The number of rotatable bonds is 2. The van der Waals surface area contributed by atoms with Gasteiger partial charge in [-0.1, -0.05) is 12.1 Å². The molecule has 1 aromatic carbocycles. The van der Waals surface area contributed by atoms with Crippen LogP contribution in [0.15, 0.2) is 24.3 Å². The van der Waals surface area contributed by atoms with Crippen molar-refractivity contribution < 1.29 is 15.0 Å². The van der Waals surface area contributed by atoms with E-state index < -0.39 is 6.09 Å². The van der Waals surface area contributed by atoms with E-state index in [-0.39, 0.29) is 5.75 Å². The first-order valence-corrected chi connectivity index (χ1v) is 3.92. The van der Waals surface area contributed by atoms with Crippen LogP contribution in [0, 0.1) is 0 Å². The average Bonchev–Trinajstić information content (AvgIpc) is 2.04. The summed E-state index contributed by atoms with van der Waals surface area (Å²) < 4.78 is 0. The second-order valence-electron chi connectivity index (χ2n) is 2.52. The molecule has 4 nitrogen and oxygen atoms in total. The van der Waals surface area contributed by atoms with Crippen LogP contribution in [0.5, 0.6) is 5.75 Å². The summed E-state index contributed by atoms with van der Waals surface area (Å²) in [5.74, 6) is -0.183. The van der Waals surface area contributed by atoms with Crippen molar-refractivity contribution in [3.05, 3.63) is 24.3 Å². The average molecular weight is 180 g/mol. The number of carbonyl (C=O) groups is 1. The maximum absolute atomic E-state index is 10.9. The van der Waals surface area contributed by atoms with Crippen LogP contribution in [-0.2, 0) is 0 Å². The van der Waals surface area contributed by atoms with E-state index >= 15 is 0 Å². The summed E-state index contributed by atoms with van der Waals surface area (Å²) in [7, 11) is 0. The van der Waals surface area contributed by atoms with E-state index in [2.05, 4.69) is 0 Å². The first-order valence-electron chi connectivity index (χ1n) is 3.92. The summed E-state index contributed by atoms with van der Waals surface area (Å²) in [6.45, 7) is 2.05. The van der Waals surface area contributed by atoms with E-state index in [0.29, 0.717) is 12.2 Å². The fourth-order valence-corrected chi connectivity index (χ4v) is 1.08. The third-order valence-electron chi connectivity index (χ3n) is 1.68. The van der Waals surface area contributed by atoms with E-state index in [1.807, 2.05) is 0 Å². The minimum Gasteiger partial charge on any atom is -0.872 e. The van der Waals surface area contributed by atoms with E-state index in [9.17, 15) is 9.90 Å². The molecule has 0 aliphatic rings. The van der Waals surface area contributed by atoms with Crippen molar-refractivity contribution in [3.8, 4) is 5.75 Å². The molecule has 0 atom stereocenters. The molecule has 0 aliphatic heterocycles. The Morgan fingerprint density at radius 1 is 1.62 bits per heavy atom. The van der Waals surface area contributed by atoms with Crippen molar-refractivity contribution in [2.75, 3.05) is 11.4 Å². The molecule has 1 N–H and O–H groups in total. The predicted octanol–water partition coefficient (Wildman–Crippen LogP) is 1.26. The van der Waals surface area contributed by atoms with Crippen LogP contribution >= 0.6 is 0 Å². The molecule has 1 amide bonds. The number of benzene rings is 1. The molecule has 0 heterocycles. The molecule has 70 valence electrons. The fourth-order valence-electron chi connectivity index (χ4n) is 1.08. The van der Waals surface area contributed by atoms with E-state index in [1.54, 1.807) is 19.1 Å². The lowest BCUT2D eigenvalue weighted by Crippen LogP contribution is -2.28. The van der Waals surface area contributed by atoms with Gasteiger partial charge in [-0.25, -0.2) is 4.79 Å². The van der Waals surface area contributed by atoms with Crippen molar-refractivity contribution >= 4 is 11.8 Å². The Kier molecular flexibility index (Phi) is 2.74. The molecule has 1 rings (SSSR count). The number of anilines is 1. The quantitative estimate of drug-likeness (QED) is 0.745. The Hall–Kier alpha value is -1.71. The molecule has 0 spiro atoms. The van der Waals surface area contributed by atoms with Crippen molar-refractivity contribution in [2.45, 2.75) is 6.92 Å². The Labute approximate surface area is 76.0 Å². The monoisotopic (exact) mass is 180 g/mol. The number of nitrogens with zero attached hydrogens (tertiary/aromatic N) is 1. The minimum absolute atomic E-state index is 0.183. The van der Waals surface area contributed by atoms with Gasteiger partial charge in [0.15, 0.2) is 0 Å². The third kappa shape index (κ3) is 2.11. The first-order chi connectivity index (χ1) is 6.15. The molecule has 0 radical (unpaired) electrons. The minimum atomic E-state index is -1.05. The maximum atomic E-state index is 10.9. The molecular formula is C9H10NO3-. The van der Waals surface area contributed by atoms with E-state index in [1.165, 1.54) is 12.1 Å². The SMILES string of the molecule is CCN(C(=O)O)c1cccc([O-])c1. The fraction of sp³-hybridized carbons (Fsp3) is 0.222. The molecule has 0 aromatic heterocycles. The smallest absolute Gasteiger partial charge is 0.411 e. The maximum Gasteiger partial charge on any atom is 0.411 e. The zero-order valence-electron chi connectivity index (χ0n) is 7.23. The van der Waals surface area contributed by atoms with Gasteiger partial charge in [-0.05, 0) is 19.1 Å². The Balaban J connectivity index is 2.98. The lowest BCUT2D eigenvalue weighted by Gasteiger charge is -2.18. The summed E-state index contributed by atoms with van der Waals surface area (Å²) in [5, 5.41) is 19.7. The topological polar surface area (TPSA) is 63.6 Å². The number of hydrogen-bond acceptors (Lipinski definition) is 2. The highest BCUT2D eigenvalue weighted by molar-refractivity contribution is 5.86. The van der Waals surface area contributed by atoms with Gasteiger partial charge in [0.05, 0.1) is 0 Å². The highest BCUT2D eigenvalue weighted by atomic mass is 16.4. The molecule has 0 aliphatic carbocycles. The van der Waals surface area contributed by atoms with Gasteiger partial charge in [-0.3, -0.25) is 4.90 Å². The zero-order valence-corrected chi connectivity index (χ0v) is 7.23. The third-order valence-corrected chi connectivity index (χ3v) is 1.68. The standard InChI is InChI=1S/C9H11NO3/c1-2-10(9(12)13)7-4-3-5-8(11)6-7/h3-6,11H,2H2,1H3,(H,12,13)/p-1. The lowest BCUT2D eigenvalue weighted by molar-refractivity contribution is -0.268. The normalized spacial score (nSPS) is 9.62. The van der Waals surface area contributed by atoms with Crippen molar-refractivity contribution in [1.82, 2.24) is 0 Å². The zero-order chi connectivity index (χ0) is 9.84. The van der Waals surface area contributed by atoms with E-state index in [0.717, 1.165) is 4.90 Å². The van der Waals surface area contributed by atoms with Crippen LogP contribution in [0.1, 0.15) is 6.92 Å². The predicted molar refractivity (Wildman–Crippen MR) is 46.9 cm³/mol. The van der Waals surface area contributed by atoms with Crippen LogP contribution in [0.2, 0.25) is 0 Å². The molecule has 0 saturated heterocycles. The summed E-state index contributed by atoms with van der Waals surface area (Å²) in [6, 6.07) is 5.83. The second-order valence-corrected chi connectivity index (χ2v) is 2.52. The van der Waals surface area contributed by atoms with Gasteiger partial charge in [-0.15, -0.1) is 5.75 Å². The van der Waals surface area contributed by atoms with Gasteiger partial charge in [0, 0.05) is 12.2 Å². The molecule has 1 aromatic rings. The van der Waals surface area contributed by atoms with Crippen LogP contribution in [0.25, 0.3) is 0 Å². The van der Waals surface area contributed by atoms with Crippen molar-refractivity contribution in [1.29, 1.82) is 0 Å². The van der Waals surface area contributed by atoms with Crippen LogP contribution in [0.4, 0.5) is 10.5 Å². The Morgan fingerprint density at radius 3 is 2.77 bits per heavy atom. The molecule has 13 heavy (non-hydrogen) atoms. The number of amides is 1. The van der Waals surface area contributed by atoms with Gasteiger partial charge in [-0.2, -0.15) is 0 Å². The van der Waals surface area contributed by atoms with Crippen LogP contribution < -0.4 is 10.0 Å². The van der Waals surface area contributed by atoms with Crippen molar-refractivity contribution in [3.63, 3.8) is 0 Å². The molecule has 0 fully saturated rings. The summed E-state index contributed by atoms with van der Waals surface area (Å²) in [6.07, 6.45) is -1.05. The second kappa shape index (κ2) is 3.80. The van der Waals surface area contributed by atoms with Gasteiger partial charge >= 0.3 is 6.09 Å². The molecule has 0 unspecified atom stereocenters. The van der Waals surface area contributed by atoms with Gasteiger partial charge in [0.1, 0.15) is 0 Å². The molecule has 0 bridgehead atoms. The molecular weight excluding hydrogens is 170 g/mol. The molecule has 0 saturated carbocycles. The number of carboxylic acid groups (broad SMARTS) is 1. The highest BCUT2D eigenvalue weighted by Gasteiger charge is 2.10. The van der Waals surface area contributed by atoms with Gasteiger partial charge < -0.3 is 10.2 Å². The first kappa shape index (κ1) is 9.38. The Bertz CT molecular complexity index is 311.